The zero-order valence-corrected chi connectivity index (χ0v) is 11.2. The standard InChI is InChI=1S/C15H21N3/c1-16-12-8-9-13-14(10-12)18(2)15(17-13)11-6-4-3-5-7-11/h8-11,16H,3-7H2,1-2H3. The van der Waals surface area contributed by atoms with Crippen molar-refractivity contribution in [1.29, 1.82) is 0 Å². The van der Waals surface area contributed by atoms with Gasteiger partial charge < -0.3 is 9.88 Å². The van der Waals surface area contributed by atoms with Crippen LogP contribution in [0.4, 0.5) is 5.69 Å². The van der Waals surface area contributed by atoms with Gasteiger partial charge in [-0.3, -0.25) is 0 Å². The number of nitrogens with zero attached hydrogens (tertiary/aromatic N) is 2. The first-order valence-corrected chi connectivity index (χ1v) is 6.93. The van der Waals surface area contributed by atoms with Crippen molar-refractivity contribution in [1.82, 2.24) is 9.55 Å². The monoisotopic (exact) mass is 243 g/mol. The van der Waals surface area contributed by atoms with Gasteiger partial charge in [0.1, 0.15) is 5.82 Å². The van der Waals surface area contributed by atoms with Crippen molar-refractivity contribution in [3.63, 3.8) is 0 Å². The molecule has 3 rings (SSSR count). The molecule has 96 valence electrons. The molecule has 0 radical (unpaired) electrons. The van der Waals surface area contributed by atoms with Gasteiger partial charge in [-0.2, -0.15) is 0 Å². The normalized spacial score (nSPS) is 17.2. The molecule has 1 aliphatic carbocycles. The smallest absolute Gasteiger partial charge is 0.112 e. The van der Waals surface area contributed by atoms with Crippen molar-refractivity contribution < 1.29 is 0 Å². The summed E-state index contributed by atoms with van der Waals surface area (Å²) in [5, 5.41) is 3.19. The minimum atomic E-state index is 0.661. The van der Waals surface area contributed by atoms with Crippen LogP contribution in [0.5, 0.6) is 0 Å². The zero-order chi connectivity index (χ0) is 12.5. The van der Waals surface area contributed by atoms with Crippen LogP contribution in [-0.2, 0) is 7.05 Å². The second-order valence-electron chi connectivity index (χ2n) is 5.32. The number of nitrogens with one attached hydrogen (secondary N) is 1. The summed E-state index contributed by atoms with van der Waals surface area (Å²) in [6.07, 6.45) is 6.71. The molecule has 0 bridgehead atoms. The van der Waals surface area contributed by atoms with E-state index in [1.807, 2.05) is 7.05 Å². The molecule has 0 unspecified atom stereocenters. The van der Waals surface area contributed by atoms with Crippen LogP contribution in [0, 0.1) is 0 Å². The van der Waals surface area contributed by atoms with Gasteiger partial charge in [0.2, 0.25) is 0 Å². The minimum absolute atomic E-state index is 0.661. The topological polar surface area (TPSA) is 29.9 Å². The summed E-state index contributed by atoms with van der Waals surface area (Å²) in [7, 11) is 4.11. The number of aryl methyl sites for hydroxylation is 1. The lowest BCUT2D eigenvalue weighted by Crippen LogP contribution is -2.10. The largest absolute Gasteiger partial charge is 0.388 e. The van der Waals surface area contributed by atoms with Gasteiger partial charge in [0, 0.05) is 25.7 Å². The molecule has 0 saturated heterocycles. The van der Waals surface area contributed by atoms with Crippen molar-refractivity contribution in [3.8, 4) is 0 Å². The number of hydrogen-bond donors (Lipinski definition) is 1. The molecule has 1 aliphatic rings. The van der Waals surface area contributed by atoms with Crippen molar-refractivity contribution >= 4 is 16.7 Å². The average Bonchev–Trinajstić information content (AvgIpc) is 2.77. The summed E-state index contributed by atoms with van der Waals surface area (Å²) in [4.78, 5) is 4.85. The average molecular weight is 243 g/mol. The molecule has 3 heteroatoms. The van der Waals surface area contributed by atoms with Crippen molar-refractivity contribution in [2.75, 3.05) is 12.4 Å². The lowest BCUT2D eigenvalue weighted by atomic mass is 9.89. The highest BCUT2D eigenvalue weighted by atomic mass is 15.1. The predicted molar refractivity (Wildman–Crippen MR) is 76.1 cm³/mol. The molecule has 0 spiro atoms. The van der Waals surface area contributed by atoms with Gasteiger partial charge in [0.25, 0.3) is 0 Å². The second kappa shape index (κ2) is 4.63. The van der Waals surface area contributed by atoms with Crippen LogP contribution in [0.3, 0.4) is 0 Å². The molecule has 1 heterocycles. The third-order valence-corrected chi connectivity index (χ3v) is 4.17. The Morgan fingerprint density at radius 1 is 1.22 bits per heavy atom. The lowest BCUT2D eigenvalue weighted by molar-refractivity contribution is 0.423. The molecule has 0 atom stereocenters. The van der Waals surface area contributed by atoms with Crippen LogP contribution in [-0.4, -0.2) is 16.6 Å². The maximum absolute atomic E-state index is 4.85. The third kappa shape index (κ3) is 1.88. The van der Waals surface area contributed by atoms with Crippen molar-refractivity contribution in [3.05, 3.63) is 24.0 Å². The van der Waals surface area contributed by atoms with E-state index < -0.39 is 0 Å². The van der Waals surface area contributed by atoms with Gasteiger partial charge in [0.05, 0.1) is 11.0 Å². The summed E-state index contributed by atoms with van der Waals surface area (Å²) in [5.74, 6) is 1.94. The SMILES string of the molecule is CNc1ccc2nc(C3CCCCC3)n(C)c2c1. The Kier molecular flexibility index (Phi) is 2.98. The van der Waals surface area contributed by atoms with Gasteiger partial charge in [-0.25, -0.2) is 4.98 Å². The molecule has 1 fully saturated rings. The Hall–Kier alpha value is -1.51. The molecule has 1 aromatic heterocycles. The molecular formula is C15H21N3. The number of hydrogen-bond acceptors (Lipinski definition) is 2. The van der Waals surface area contributed by atoms with Gasteiger partial charge in [-0.1, -0.05) is 19.3 Å². The van der Waals surface area contributed by atoms with Crippen molar-refractivity contribution in [2.24, 2.45) is 7.05 Å². The predicted octanol–water partition coefficient (Wildman–Crippen LogP) is 3.66. The fourth-order valence-corrected chi connectivity index (χ4v) is 3.09. The van der Waals surface area contributed by atoms with E-state index in [1.165, 1.54) is 43.4 Å². The van der Waals surface area contributed by atoms with Gasteiger partial charge in [-0.05, 0) is 31.0 Å². The van der Waals surface area contributed by atoms with E-state index in [2.05, 4.69) is 35.1 Å². The highest BCUT2D eigenvalue weighted by Crippen LogP contribution is 2.33. The summed E-state index contributed by atoms with van der Waals surface area (Å²) >= 11 is 0. The van der Waals surface area contributed by atoms with E-state index in [0.717, 1.165) is 11.2 Å². The fraction of sp³-hybridized carbons (Fsp3) is 0.533. The van der Waals surface area contributed by atoms with Gasteiger partial charge in [0.15, 0.2) is 0 Å². The van der Waals surface area contributed by atoms with E-state index >= 15 is 0 Å². The van der Waals surface area contributed by atoms with Crippen LogP contribution in [0.2, 0.25) is 0 Å². The molecular weight excluding hydrogens is 222 g/mol. The molecule has 0 aliphatic heterocycles. The highest BCUT2D eigenvalue weighted by molar-refractivity contribution is 5.80. The highest BCUT2D eigenvalue weighted by Gasteiger charge is 2.20. The van der Waals surface area contributed by atoms with Crippen LogP contribution in [0.25, 0.3) is 11.0 Å². The molecule has 3 nitrogen and oxygen atoms in total. The zero-order valence-electron chi connectivity index (χ0n) is 11.2. The number of imidazole rings is 1. The molecule has 1 saturated carbocycles. The van der Waals surface area contributed by atoms with Gasteiger partial charge >= 0.3 is 0 Å². The number of fused-ring (bicyclic) bond motifs is 1. The Morgan fingerprint density at radius 2 is 2.00 bits per heavy atom. The molecule has 18 heavy (non-hydrogen) atoms. The molecule has 2 aromatic rings. The Morgan fingerprint density at radius 3 is 2.72 bits per heavy atom. The third-order valence-electron chi connectivity index (χ3n) is 4.17. The summed E-state index contributed by atoms with van der Waals surface area (Å²) < 4.78 is 2.28. The lowest BCUT2D eigenvalue weighted by Gasteiger charge is -2.21. The number of anilines is 1. The van der Waals surface area contributed by atoms with E-state index in [4.69, 9.17) is 4.98 Å². The molecule has 1 aromatic carbocycles. The number of aromatic nitrogens is 2. The van der Waals surface area contributed by atoms with E-state index in [1.54, 1.807) is 0 Å². The quantitative estimate of drug-likeness (QED) is 0.872. The molecule has 0 amide bonds. The van der Waals surface area contributed by atoms with Crippen LogP contribution < -0.4 is 5.32 Å². The van der Waals surface area contributed by atoms with E-state index in [-0.39, 0.29) is 0 Å². The maximum Gasteiger partial charge on any atom is 0.112 e. The Balaban J connectivity index is 2.04. The Labute approximate surface area is 108 Å². The van der Waals surface area contributed by atoms with Crippen LogP contribution in [0.15, 0.2) is 18.2 Å². The maximum atomic E-state index is 4.85. The first-order valence-electron chi connectivity index (χ1n) is 6.93. The fourth-order valence-electron chi connectivity index (χ4n) is 3.09. The van der Waals surface area contributed by atoms with Crippen LogP contribution >= 0.6 is 0 Å². The first kappa shape index (κ1) is 11.6. The summed E-state index contributed by atoms with van der Waals surface area (Å²) in [5.41, 5.74) is 3.51. The summed E-state index contributed by atoms with van der Waals surface area (Å²) in [6.45, 7) is 0. The van der Waals surface area contributed by atoms with E-state index in [0.29, 0.717) is 5.92 Å². The minimum Gasteiger partial charge on any atom is -0.388 e. The number of benzene rings is 1. The van der Waals surface area contributed by atoms with Crippen LogP contribution in [0.1, 0.15) is 43.8 Å². The van der Waals surface area contributed by atoms with Gasteiger partial charge in [-0.15, -0.1) is 0 Å². The van der Waals surface area contributed by atoms with Crippen molar-refractivity contribution in [2.45, 2.75) is 38.0 Å². The second-order valence-corrected chi connectivity index (χ2v) is 5.32. The number of rotatable bonds is 2. The Bertz CT molecular complexity index is 550. The summed E-state index contributed by atoms with van der Waals surface area (Å²) in [6, 6.07) is 6.40. The van der Waals surface area contributed by atoms with E-state index in [9.17, 15) is 0 Å². The first-order chi connectivity index (χ1) is 8.79. The molecule has 1 N–H and O–H groups in total.